The van der Waals surface area contributed by atoms with Gasteiger partial charge in [0.15, 0.2) is 0 Å². The van der Waals surface area contributed by atoms with Crippen LogP contribution in [0, 0.1) is 6.92 Å². The van der Waals surface area contributed by atoms with Crippen molar-refractivity contribution >= 4 is 29.1 Å². The SMILES string of the molecule is C=C(NC(=O)c1c(-c2ccccc2Cl)noc1C)/C(F)=C\C(Cl)=C/C. The molecule has 1 N–H and O–H groups in total. The van der Waals surface area contributed by atoms with Crippen molar-refractivity contribution in [1.29, 1.82) is 0 Å². The van der Waals surface area contributed by atoms with Crippen LogP contribution in [0.25, 0.3) is 11.3 Å². The number of allylic oxidation sites excluding steroid dienone is 4. The molecule has 0 aliphatic heterocycles. The summed E-state index contributed by atoms with van der Waals surface area (Å²) in [6.07, 6.45) is 2.56. The number of carbonyl (C=O) groups excluding carboxylic acids is 1. The second-order valence-corrected chi connectivity index (χ2v) is 5.88. The number of aryl methyl sites for hydroxylation is 1. The number of aromatic nitrogens is 1. The number of nitrogens with one attached hydrogen (secondary N) is 1. The van der Waals surface area contributed by atoms with E-state index in [2.05, 4.69) is 17.1 Å². The molecule has 0 atom stereocenters. The van der Waals surface area contributed by atoms with E-state index in [0.29, 0.717) is 10.6 Å². The third-order valence-electron chi connectivity index (χ3n) is 3.31. The number of rotatable bonds is 5. The minimum absolute atomic E-state index is 0.152. The Kier molecular flexibility index (Phi) is 6.17. The van der Waals surface area contributed by atoms with Crippen LogP contribution in [0.1, 0.15) is 23.0 Å². The average molecular weight is 381 g/mol. The highest BCUT2D eigenvalue weighted by Crippen LogP contribution is 2.31. The number of amides is 1. The van der Waals surface area contributed by atoms with Crippen LogP contribution in [0.15, 0.2) is 64.1 Å². The van der Waals surface area contributed by atoms with Crippen molar-refractivity contribution < 1.29 is 13.7 Å². The summed E-state index contributed by atoms with van der Waals surface area (Å²) in [4.78, 5) is 12.5. The molecular weight excluding hydrogens is 366 g/mol. The van der Waals surface area contributed by atoms with Gasteiger partial charge in [-0.3, -0.25) is 4.79 Å². The molecule has 1 heterocycles. The van der Waals surface area contributed by atoms with Gasteiger partial charge in [-0.25, -0.2) is 4.39 Å². The third kappa shape index (κ3) is 4.38. The van der Waals surface area contributed by atoms with Gasteiger partial charge in [0.1, 0.15) is 22.8 Å². The molecule has 0 fully saturated rings. The molecular formula is C18H15Cl2FN2O2. The van der Waals surface area contributed by atoms with Crippen LogP contribution in [-0.4, -0.2) is 11.1 Å². The molecule has 0 aliphatic rings. The summed E-state index contributed by atoms with van der Waals surface area (Å²) < 4.78 is 19.1. The quantitative estimate of drug-likeness (QED) is 0.692. The van der Waals surface area contributed by atoms with Crippen LogP contribution in [0.5, 0.6) is 0 Å². The Morgan fingerprint density at radius 3 is 2.72 bits per heavy atom. The Morgan fingerprint density at radius 2 is 2.08 bits per heavy atom. The molecule has 2 aromatic rings. The van der Waals surface area contributed by atoms with Crippen molar-refractivity contribution in [2.24, 2.45) is 0 Å². The Labute approximate surface area is 154 Å². The van der Waals surface area contributed by atoms with E-state index in [9.17, 15) is 9.18 Å². The fourth-order valence-electron chi connectivity index (χ4n) is 2.03. The highest BCUT2D eigenvalue weighted by atomic mass is 35.5. The van der Waals surface area contributed by atoms with Gasteiger partial charge in [-0.1, -0.05) is 59.2 Å². The van der Waals surface area contributed by atoms with E-state index in [4.69, 9.17) is 27.7 Å². The zero-order valence-corrected chi connectivity index (χ0v) is 15.1. The smallest absolute Gasteiger partial charge is 0.261 e. The molecule has 2 rings (SSSR count). The maximum Gasteiger partial charge on any atom is 0.261 e. The summed E-state index contributed by atoms with van der Waals surface area (Å²) in [5, 5.41) is 6.87. The lowest BCUT2D eigenvalue weighted by atomic mass is 10.1. The van der Waals surface area contributed by atoms with Crippen LogP contribution < -0.4 is 5.32 Å². The van der Waals surface area contributed by atoms with Gasteiger partial charge < -0.3 is 9.84 Å². The second kappa shape index (κ2) is 8.14. The van der Waals surface area contributed by atoms with Crippen molar-refractivity contribution in [2.45, 2.75) is 13.8 Å². The Bertz CT molecular complexity index is 885. The Balaban J connectivity index is 2.33. The monoisotopic (exact) mass is 380 g/mol. The zero-order valence-electron chi connectivity index (χ0n) is 13.6. The largest absolute Gasteiger partial charge is 0.360 e. The molecule has 0 saturated heterocycles. The zero-order chi connectivity index (χ0) is 18.6. The summed E-state index contributed by atoms with van der Waals surface area (Å²) in [5.74, 6) is -1.10. The van der Waals surface area contributed by atoms with Crippen LogP contribution in [0.3, 0.4) is 0 Å². The van der Waals surface area contributed by atoms with Crippen molar-refractivity contribution in [2.75, 3.05) is 0 Å². The number of nitrogens with zero attached hydrogens (tertiary/aromatic N) is 1. The first-order valence-corrected chi connectivity index (χ1v) is 8.01. The maximum absolute atomic E-state index is 14.0. The molecule has 0 saturated carbocycles. The predicted octanol–water partition coefficient (Wildman–Crippen LogP) is 5.54. The Hall–Kier alpha value is -2.37. The predicted molar refractivity (Wildman–Crippen MR) is 97.1 cm³/mol. The van der Waals surface area contributed by atoms with Crippen LogP contribution in [0.4, 0.5) is 4.39 Å². The molecule has 0 unspecified atom stereocenters. The van der Waals surface area contributed by atoms with E-state index in [1.807, 2.05) is 0 Å². The van der Waals surface area contributed by atoms with Crippen LogP contribution in [-0.2, 0) is 0 Å². The lowest BCUT2D eigenvalue weighted by molar-refractivity contribution is 0.0964. The van der Waals surface area contributed by atoms with Gasteiger partial charge in [0.2, 0.25) is 0 Å². The Morgan fingerprint density at radius 1 is 1.40 bits per heavy atom. The standard InChI is InChI=1S/C18H15Cl2FN2O2/c1-4-12(19)9-15(21)10(2)22-18(24)16-11(3)25-23-17(16)13-7-5-6-8-14(13)20/h4-9H,2H2,1,3H3,(H,22,24)/b12-4+,15-9+. The number of carbonyl (C=O) groups is 1. The molecule has 7 heteroatoms. The first kappa shape index (κ1) is 19.0. The van der Waals surface area contributed by atoms with Gasteiger partial charge in [-0.15, -0.1) is 0 Å². The molecule has 0 radical (unpaired) electrons. The lowest BCUT2D eigenvalue weighted by Gasteiger charge is -2.08. The normalized spacial score (nSPS) is 12.2. The van der Waals surface area contributed by atoms with Gasteiger partial charge in [0.25, 0.3) is 5.91 Å². The molecule has 0 aliphatic carbocycles. The van der Waals surface area contributed by atoms with Crippen LogP contribution >= 0.6 is 23.2 Å². The van der Waals surface area contributed by atoms with Gasteiger partial charge in [-0.2, -0.15) is 0 Å². The molecule has 130 valence electrons. The molecule has 1 aromatic heterocycles. The fourth-order valence-corrected chi connectivity index (χ4v) is 2.35. The van der Waals surface area contributed by atoms with Crippen LogP contribution in [0.2, 0.25) is 5.02 Å². The first-order chi connectivity index (χ1) is 11.8. The summed E-state index contributed by atoms with van der Waals surface area (Å²) in [7, 11) is 0. The van der Waals surface area contributed by atoms with E-state index in [1.54, 1.807) is 38.1 Å². The lowest BCUT2D eigenvalue weighted by Crippen LogP contribution is -2.23. The fraction of sp³-hybridized carbons (Fsp3) is 0.111. The highest BCUT2D eigenvalue weighted by molar-refractivity contribution is 6.33. The van der Waals surface area contributed by atoms with E-state index < -0.39 is 11.7 Å². The molecule has 25 heavy (non-hydrogen) atoms. The highest BCUT2D eigenvalue weighted by Gasteiger charge is 2.23. The maximum atomic E-state index is 14.0. The average Bonchev–Trinajstić information content (AvgIpc) is 2.96. The van der Waals surface area contributed by atoms with Gasteiger partial charge in [-0.05, 0) is 26.0 Å². The number of hydrogen-bond donors (Lipinski definition) is 1. The molecule has 0 bridgehead atoms. The molecule has 1 aromatic carbocycles. The van der Waals surface area contributed by atoms with Crippen molar-refractivity contribution in [3.8, 4) is 11.3 Å². The van der Waals surface area contributed by atoms with Gasteiger partial charge in [0, 0.05) is 10.6 Å². The third-order valence-corrected chi connectivity index (χ3v) is 3.97. The minimum atomic E-state index is -0.759. The van der Waals surface area contributed by atoms with E-state index in [0.717, 1.165) is 6.08 Å². The summed E-state index contributed by atoms with van der Waals surface area (Å²) in [5.41, 5.74) is 0.726. The topological polar surface area (TPSA) is 55.1 Å². The number of hydrogen-bond acceptors (Lipinski definition) is 3. The number of halogens is 3. The van der Waals surface area contributed by atoms with Crippen molar-refractivity contribution in [1.82, 2.24) is 10.5 Å². The molecule has 1 amide bonds. The van der Waals surface area contributed by atoms with E-state index >= 15 is 0 Å². The van der Waals surface area contributed by atoms with Gasteiger partial charge >= 0.3 is 0 Å². The van der Waals surface area contributed by atoms with Crippen molar-refractivity contribution in [3.63, 3.8) is 0 Å². The summed E-state index contributed by atoms with van der Waals surface area (Å²) in [6, 6.07) is 6.89. The minimum Gasteiger partial charge on any atom is -0.360 e. The molecule has 4 nitrogen and oxygen atoms in total. The summed E-state index contributed by atoms with van der Waals surface area (Å²) in [6.45, 7) is 6.74. The van der Waals surface area contributed by atoms with Crippen molar-refractivity contribution in [3.05, 3.63) is 75.9 Å². The van der Waals surface area contributed by atoms with Gasteiger partial charge in [0.05, 0.1) is 10.7 Å². The van der Waals surface area contributed by atoms with E-state index in [-0.39, 0.29) is 27.7 Å². The molecule has 0 spiro atoms. The summed E-state index contributed by atoms with van der Waals surface area (Å²) >= 11 is 11.9. The first-order valence-electron chi connectivity index (χ1n) is 7.26. The van der Waals surface area contributed by atoms with E-state index in [1.165, 1.54) is 6.08 Å². The number of benzene rings is 1. The second-order valence-electron chi connectivity index (χ2n) is 5.04.